The van der Waals surface area contributed by atoms with Crippen molar-refractivity contribution < 1.29 is 14.3 Å². The molecule has 5 heteroatoms. The highest BCUT2D eigenvalue weighted by Crippen LogP contribution is 2.32. The molecule has 1 aromatic carbocycles. The highest BCUT2D eigenvalue weighted by molar-refractivity contribution is 5.84. The van der Waals surface area contributed by atoms with Crippen LogP contribution in [0.25, 0.3) is 0 Å². The van der Waals surface area contributed by atoms with Crippen molar-refractivity contribution in [2.75, 3.05) is 32.6 Å². The minimum atomic E-state index is -0.275. The summed E-state index contributed by atoms with van der Waals surface area (Å²) in [5, 5.41) is 3.15. The molecule has 0 bridgehead atoms. The number of rotatable bonds is 3. The molecule has 1 aliphatic rings. The molecule has 1 aliphatic heterocycles. The van der Waals surface area contributed by atoms with Crippen LogP contribution in [0.4, 0.5) is 5.69 Å². The van der Waals surface area contributed by atoms with Gasteiger partial charge in [0.15, 0.2) is 11.5 Å². The Labute approximate surface area is 107 Å². The molecule has 1 N–H and O–H groups in total. The summed E-state index contributed by atoms with van der Waals surface area (Å²) in [6, 6.07) is 5.31. The van der Waals surface area contributed by atoms with Crippen LogP contribution in [0.3, 0.4) is 0 Å². The number of carbonyl (C=O) groups is 1. The second-order valence-corrected chi connectivity index (χ2v) is 4.46. The Morgan fingerprint density at radius 3 is 2.61 bits per heavy atom. The first-order chi connectivity index (χ1) is 8.58. The predicted molar refractivity (Wildman–Crippen MR) is 69.2 cm³/mol. The van der Waals surface area contributed by atoms with Crippen molar-refractivity contribution in [3.8, 4) is 11.5 Å². The highest BCUT2D eigenvalue weighted by Gasteiger charge is 2.16. The summed E-state index contributed by atoms with van der Waals surface area (Å²) in [6.45, 7) is 2.97. The van der Waals surface area contributed by atoms with Crippen molar-refractivity contribution in [3.63, 3.8) is 0 Å². The van der Waals surface area contributed by atoms with Crippen molar-refractivity contribution in [1.82, 2.24) is 4.90 Å². The van der Waals surface area contributed by atoms with E-state index in [0.717, 1.165) is 17.2 Å². The van der Waals surface area contributed by atoms with Gasteiger partial charge in [-0.3, -0.25) is 4.79 Å². The van der Waals surface area contributed by atoms with Gasteiger partial charge in [0.25, 0.3) is 0 Å². The zero-order valence-corrected chi connectivity index (χ0v) is 10.9. The van der Waals surface area contributed by atoms with Gasteiger partial charge in [-0.25, -0.2) is 0 Å². The van der Waals surface area contributed by atoms with Gasteiger partial charge in [0, 0.05) is 25.8 Å². The van der Waals surface area contributed by atoms with E-state index in [4.69, 9.17) is 9.47 Å². The van der Waals surface area contributed by atoms with Gasteiger partial charge in [-0.05, 0) is 19.1 Å². The molecule has 1 atom stereocenters. The second kappa shape index (κ2) is 5.16. The minimum absolute atomic E-state index is 0.0323. The molecule has 18 heavy (non-hydrogen) atoms. The number of nitrogens with zero attached hydrogens (tertiary/aromatic N) is 1. The first-order valence-corrected chi connectivity index (χ1v) is 5.95. The zero-order valence-electron chi connectivity index (χ0n) is 10.9. The normalized spacial score (nSPS) is 14.8. The van der Waals surface area contributed by atoms with Gasteiger partial charge >= 0.3 is 0 Å². The van der Waals surface area contributed by atoms with Crippen molar-refractivity contribution in [1.29, 1.82) is 0 Å². The van der Waals surface area contributed by atoms with Gasteiger partial charge in [0.1, 0.15) is 19.3 Å². The Kier molecular flexibility index (Phi) is 3.60. The topological polar surface area (TPSA) is 50.8 Å². The lowest BCUT2D eigenvalue weighted by Gasteiger charge is -2.22. The van der Waals surface area contributed by atoms with Crippen LogP contribution in [-0.4, -0.2) is 44.2 Å². The fraction of sp³-hybridized carbons (Fsp3) is 0.462. The Balaban J connectivity index is 2.08. The fourth-order valence-corrected chi connectivity index (χ4v) is 1.83. The van der Waals surface area contributed by atoms with Crippen molar-refractivity contribution >= 4 is 11.6 Å². The molecule has 0 spiro atoms. The molecule has 0 aliphatic carbocycles. The number of nitrogens with one attached hydrogen (secondary N) is 1. The Morgan fingerprint density at radius 2 is 1.94 bits per heavy atom. The molecule has 0 saturated heterocycles. The maximum atomic E-state index is 11.7. The smallest absolute Gasteiger partial charge is 0.244 e. The summed E-state index contributed by atoms with van der Waals surface area (Å²) in [6.07, 6.45) is 0. The molecular weight excluding hydrogens is 232 g/mol. The second-order valence-electron chi connectivity index (χ2n) is 4.46. The largest absolute Gasteiger partial charge is 0.486 e. The Hall–Kier alpha value is -1.91. The lowest BCUT2D eigenvalue weighted by Crippen LogP contribution is -2.36. The van der Waals surface area contributed by atoms with Crippen LogP contribution in [0.5, 0.6) is 11.5 Å². The number of benzene rings is 1. The van der Waals surface area contributed by atoms with Crippen molar-refractivity contribution in [2.24, 2.45) is 0 Å². The number of hydrogen-bond acceptors (Lipinski definition) is 4. The Morgan fingerprint density at radius 1 is 1.28 bits per heavy atom. The van der Waals surface area contributed by atoms with Crippen LogP contribution in [0, 0.1) is 0 Å². The van der Waals surface area contributed by atoms with Gasteiger partial charge in [0.05, 0.1) is 0 Å². The lowest BCUT2D eigenvalue weighted by molar-refractivity contribution is -0.129. The third-order valence-corrected chi connectivity index (χ3v) is 2.74. The van der Waals surface area contributed by atoms with Crippen molar-refractivity contribution in [2.45, 2.75) is 13.0 Å². The molecule has 0 aromatic heterocycles. The summed E-state index contributed by atoms with van der Waals surface area (Å²) in [4.78, 5) is 13.3. The number of fused-ring (bicyclic) bond motifs is 1. The first kappa shape index (κ1) is 12.5. The predicted octanol–water partition coefficient (Wildman–Crippen LogP) is 1.35. The molecule has 0 unspecified atom stereocenters. The molecule has 1 amide bonds. The molecule has 0 saturated carbocycles. The number of anilines is 1. The quantitative estimate of drug-likeness (QED) is 0.879. The van der Waals surface area contributed by atoms with E-state index >= 15 is 0 Å². The highest BCUT2D eigenvalue weighted by atomic mass is 16.6. The average Bonchev–Trinajstić information content (AvgIpc) is 2.37. The van der Waals surface area contributed by atoms with Crippen LogP contribution in [0.15, 0.2) is 18.2 Å². The van der Waals surface area contributed by atoms with Crippen LogP contribution in [0.1, 0.15) is 6.92 Å². The van der Waals surface area contributed by atoms with E-state index in [9.17, 15) is 4.79 Å². The van der Waals surface area contributed by atoms with Crippen LogP contribution in [0.2, 0.25) is 0 Å². The van der Waals surface area contributed by atoms with Crippen molar-refractivity contribution in [3.05, 3.63) is 18.2 Å². The molecule has 5 nitrogen and oxygen atoms in total. The number of amides is 1. The number of carbonyl (C=O) groups excluding carboxylic acids is 1. The lowest BCUT2D eigenvalue weighted by atomic mass is 10.2. The van der Waals surface area contributed by atoms with Gasteiger partial charge in [-0.1, -0.05) is 0 Å². The maximum absolute atomic E-state index is 11.7. The van der Waals surface area contributed by atoms with Gasteiger partial charge < -0.3 is 19.7 Å². The first-order valence-electron chi connectivity index (χ1n) is 5.95. The summed E-state index contributed by atoms with van der Waals surface area (Å²) in [5.74, 6) is 1.50. The summed E-state index contributed by atoms with van der Waals surface area (Å²) in [7, 11) is 3.48. The zero-order chi connectivity index (χ0) is 13.1. The van der Waals surface area contributed by atoms with Crippen LogP contribution >= 0.6 is 0 Å². The number of likely N-dealkylation sites (N-methyl/N-ethyl adjacent to an activating group) is 1. The van der Waals surface area contributed by atoms with E-state index in [1.54, 1.807) is 19.0 Å². The number of ether oxygens (including phenoxy) is 2. The fourth-order valence-electron chi connectivity index (χ4n) is 1.83. The standard InChI is InChI=1S/C13H18N2O3/c1-9(13(16)15(2)3)14-10-4-5-11-12(8-10)18-7-6-17-11/h4-5,8-9,14H,6-7H2,1-3H3/t9-/m1/s1. The third kappa shape index (κ3) is 2.67. The van der Waals surface area contributed by atoms with E-state index < -0.39 is 0 Å². The molecule has 0 radical (unpaired) electrons. The van der Waals surface area contributed by atoms with Gasteiger partial charge in [0.2, 0.25) is 5.91 Å². The monoisotopic (exact) mass is 250 g/mol. The maximum Gasteiger partial charge on any atom is 0.244 e. The van der Waals surface area contributed by atoms with Gasteiger partial charge in [-0.2, -0.15) is 0 Å². The van der Waals surface area contributed by atoms with Gasteiger partial charge in [-0.15, -0.1) is 0 Å². The summed E-state index contributed by atoms with van der Waals surface area (Å²) >= 11 is 0. The van der Waals surface area contributed by atoms with E-state index in [0.29, 0.717) is 13.2 Å². The SMILES string of the molecule is C[C@@H](Nc1ccc2c(c1)OCCO2)C(=O)N(C)C. The van der Waals surface area contributed by atoms with Crippen LogP contribution < -0.4 is 14.8 Å². The van der Waals surface area contributed by atoms with E-state index in [1.807, 2.05) is 25.1 Å². The molecule has 0 fully saturated rings. The number of hydrogen-bond donors (Lipinski definition) is 1. The third-order valence-electron chi connectivity index (χ3n) is 2.74. The van der Waals surface area contributed by atoms with E-state index in [-0.39, 0.29) is 11.9 Å². The minimum Gasteiger partial charge on any atom is -0.486 e. The molecule has 1 heterocycles. The average molecular weight is 250 g/mol. The summed E-state index contributed by atoms with van der Waals surface area (Å²) < 4.78 is 10.9. The molecule has 2 rings (SSSR count). The van der Waals surface area contributed by atoms with E-state index in [1.165, 1.54) is 0 Å². The van der Waals surface area contributed by atoms with E-state index in [2.05, 4.69) is 5.32 Å². The van der Waals surface area contributed by atoms with Crippen LogP contribution in [-0.2, 0) is 4.79 Å². The Bertz CT molecular complexity index is 446. The molecule has 98 valence electrons. The molecule has 1 aromatic rings. The molecular formula is C13H18N2O3. The summed E-state index contributed by atoms with van der Waals surface area (Å²) in [5.41, 5.74) is 0.849.